The van der Waals surface area contributed by atoms with E-state index in [1.165, 1.54) is 11.1 Å². The van der Waals surface area contributed by atoms with Gasteiger partial charge in [-0.3, -0.25) is 0 Å². The lowest BCUT2D eigenvalue weighted by Gasteiger charge is -2.17. The highest BCUT2D eigenvalue weighted by Crippen LogP contribution is 2.37. The van der Waals surface area contributed by atoms with E-state index >= 15 is 0 Å². The Labute approximate surface area is 172 Å². The smallest absolute Gasteiger partial charge is 0.175 e. The Hall–Kier alpha value is -1.23. The maximum atomic E-state index is 6.06. The molecule has 2 aromatic carbocycles. The second-order valence-electron chi connectivity index (χ2n) is 6.30. The van der Waals surface area contributed by atoms with Gasteiger partial charge in [0.2, 0.25) is 0 Å². The molecule has 0 saturated carbocycles. The predicted molar refractivity (Wildman–Crippen MR) is 115 cm³/mol. The van der Waals surface area contributed by atoms with Gasteiger partial charge in [0.05, 0.1) is 11.1 Å². The van der Waals surface area contributed by atoms with Crippen LogP contribution in [0.2, 0.25) is 0 Å². The molecule has 0 aliphatic rings. The first-order chi connectivity index (χ1) is 12.0. The van der Waals surface area contributed by atoms with Crippen molar-refractivity contribution in [2.45, 2.75) is 53.3 Å². The molecule has 0 fully saturated rings. The van der Waals surface area contributed by atoms with Crippen LogP contribution in [0.25, 0.3) is 0 Å². The van der Waals surface area contributed by atoms with Crippen LogP contribution in [-0.2, 0) is 13.2 Å². The Morgan fingerprint density at radius 1 is 1.04 bits per heavy atom. The van der Waals surface area contributed by atoms with Crippen LogP contribution in [-0.4, -0.2) is 12.6 Å². The Balaban J connectivity index is 0.00000338. The molecule has 1 atom stereocenters. The summed E-state index contributed by atoms with van der Waals surface area (Å²) in [6, 6.07) is 13.0. The summed E-state index contributed by atoms with van der Waals surface area (Å²) in [7, 11) is 0. The van der Waals surface area contributed by atoms with Gasteiger partial charge in [-0.1, -0.05) is 36.8 Å². The Morgan fingerprint density at radius 2 is 1.73 bits per heavy atom. The first kappa shape index (κ1) is 22.8. The summed E-state index contributed by atoms with van der Waals surface area (Å²) in [5.41, 5.74) is 3.57. The second-order valence-corrected chi connectivity index (χ2v) is 7.16. The van der Waals surface area contributed by atoms with Crippen LogP contribution >= 0.6 is 28.3 Å². The van der Waals surface area contributed by atoms with E-state index in [2.05, 4.69) is 78.4 Å². The summed E-state index contributed by atoms with van der Waals surface area (Å²) in [6.07, 6.45) is 1.11. The van der Waals surface area contributed by atoms with E-state index in [1.807, 2.05) is 6.92 Å². The molecule has 0 aliphatic heterocycles. The van der Waals surface area contributed by atoms with Gasteiger partial charge in [-0.05, 0) is 66.4 Å². The van der Waals surface area contributed by atoms with Gasteiger partial charge in [0, 0.05) is 12.6 Å². The molecular formula is C21H29BrClNO2. The minimum Gasteiger partial charge on any atom is -0.490 e. The van der Waals surface area contributed by atoms with Gasteiger partial charge >= 0.3 is 0 Å². The van der Waals surface area contributed by atoms with E-state index < -0.39 is 0 Å². The maximum absolute atomic E-state index is 6.06. The topological polar surface area (TPSA) is 30.5 Å². The van der Waals surface area contributed by atoms with E-state index in [9.17, 15) is 0 Å². The number of aryl methyl sites for hydroxylation is 1. The SMILES string of the molecule is CCOc1cc(CNC(C)CC)cc(Br)c1OCc1ccc(C)cc1.Cl. The highest BCUT2D eigenvalue weighted by Gasteiger charge is 2.13. The van der Waals surface area contributed by atoms with Gasteiger partial charge in [0.1, 0.15) is 6.61 Å². The molecule has 2 aromatic rings. The molecule has 2 rings (SSSR count). The fraction of sp³-hybridized carbons (Fsp3) is 0.429. The fourth-order valence-corrected chi connectivity index (χ4v) is 3.01. The zero-order valence-electron chi connectivity index (χ0n) is 16.0. The molecule has 5 heteroatoms. The summed E-state index contributed by atoms with van der Waals surface area (Å²) in [4.78, 5) is 0. The molecule has 0 aliphatic carbocycles. The van der Waals surface area contributed by atoms with Gasteiger partial charge < -0.3 is 14.8 Å². The average Bonchev–Trinajstić information content (AvgIpc) is 2.60. The van der Waals surface area contributed by atoms with Crippen molar-refractivity contribution in [3.63, 3.8) is 0 Å². The molecule has 26 heavy (non-hydrogen) atoms. The second kappa shape index (κ2) is 11.5. The molecule has 0 heterocycles. The first-order valence-electron chi connectivity index (χ1n) is 8.90. The molecule has 144 valence electrons. The lowest BCUT2D eigenvalue weighted by Crippen LogP contribution is -2.24. The minimum atomic E-state index is 0. The summed E-state index contributed by atoms with van der Waals surface area (Å²) < 4.78 is 12.8. The van der Waals surface area contributed by atoms with Gasteiger partial charge in [-0.2, -0.15) is 0 Å². The minimum absolute atomic E-state index is 0. The van der Waals surface area contributed by atoms with Gasteiger partial charge in [0.25, 0.3) is 0 Å². The Morgan fingerprint density at radius 3 is 2.35 bits per heavy atom. The van der Waals surface area contributed by atoms with Gasteiger partial charge in [-0.15, -0.1) is 12.4 Å². The molecule has 3 nitrogen and oxygen atoms in total. The normalized spacial score (nSPS) is 11.6. The number of hydrogen-bond donors (Lipinski definition) is 1. The zero-order chi connectivity index (χ0) is 18.2. The van der Waals surface area contributed by atoms with Crippen molar-refractivity contribution in [1.29, 1.82) is 0 Å². The van der Waals surface area contributed by atoms with Crippen LogP contribution < -0.4 is 14.8 Å². The number of halogens is 2. The van der Waals surface area contributed by atoms with Crippen LogP contribution in [0.15, 0.2) is 40.9 Å². The molecule has 1 N–H and O–H groups in total. The monoisotopic (exact) mass is 441 g/mol. The quantitative estimate of drug-likeness (QED) is 0.513. The summed E-state index contributed by atoms with van der Waals surface area (Å²) in [6.45, 7) is 10.4. The lowest BCUT2D eigenvalue weighted by molar-refractivity contribution is 0.267. The van der Waals surface area contributed by atoms with Crippen LogP contribution in [0, 0.1) is 6.92 Å². The van der Waals surface area contributed by atoms with Crippen molar-refractivity contribution >= 4 is 28.3 Å². The van der Waals surface area contributed by atoms with Gasteiger partial charge in [0.15, 0.2) is 11.5 Å². The predicted octanol–water partition coefficient (Wildman–Crippen LogP) is 6.05. The molecule has 0 bridgehead atoms. The summed E-state index contributed by atoms with van der Waals surface area (Å²) in [5, 5.41) is 3.51. The lowest BCUT2D eigenvalue weighted by atomic mass is 10.1. The first-order valence-corrected chi connectivity index (χ1v) is 9.69. The molecule has 0 radical (unpaired) electrons. The molecule has 0 spiro atoms. The van der Waals surface area contributed by atoms with Crippen molar-refractivity contribution in [3.05, 3.63) is 57.6 Å². The molecule has 0 amide bonds. The van der Waals surface area contributed by atoms with Crippen LogP contribution in [0.1, 0.15) is 43.9 Å². The molecular weight excluding hydrogens is 414 g/mol. The van der Waals surface area contributed by atoms with E-state index in [4.69, 9.17) is 9.47 Å². The number of benzene rings is 2. The van der Waals surface area contributed by atoms with Crippen molar-refractivity contribution in [2.24, 2.45) is 0 Å². The highest BCUT2D eigenvalue weighted by molar-refractivity contribution is 9.10. The van der Waals surface area contributed by atoms with Crippen molar-refractivity contribution < 1.29 is 9.47 Å². The third-order valence-corrected chi connectivity index (χ3v) is 4.73. The largest absolute Gasteiger partial charge is 0.490 e. The van der Waals surface area contributed by atoms with Crippen molar-refractivity contribution in [2.75, 3.05) is 6.61 Å². The molecule has 0 aromatic heterocycles. The van der Waals surface area contributed by atoms with E-state index in [-0.39, 0.29) is 12.4 Å². The zero-order valence-corrected chi connectivity index (χ0v) is 18.4. The Bertz CT molecular complexity index is 676. The molecule has 1 unspecified atom stereocenters. The average molecular weight is 443 g/mol. The van der Waals surface area contributed by atoms with Crippen LogP contribution in [0.4, 0.5) is 0 Å². The standard InChI is InChI=1S/C21H28BrNO2.ClH/c1-5-16(4)23-13-18-11-19(22)21(20(12-18)24-6-2)25-14-17-9-7-15(3)8-10-17;/h7-12,16,23H,5-6,13-14H2,1-4H3;1H. The maximum Gasteiger partial charge on any atom is 0.175 e. The van der Waals surface area contributed by atoms with Crippen molar-refractivity contribution in [1.82, 2.24) is 5.32 Å². The number of rotatable bonds is 9. The fourth-order valence-electron chi connectivity index (χ4n) is 2.40. The third-order valence-electron chi connectivity index (χ3n) is 4.14. The summed E-state index contributed by atoms with van der Waals surface area (Å²) >= 11 is 3.64. The Kier molecular flexibility index (Phi) is 10.1. The number of nitrogens with one attached hydrogen (secondary N) is 1. The van der Waals surface area contributed by atoms with Crippen LogP contribution in [0.5, 0.6) is 11.5 Å². The summed E-state index contributed by atoms with van der Waals surface area (Å²) in [5.74, 6) is 1.54. The van der Waals surface area contributed by atoms with E-state index in [1.54, 1.807) is 0 Å². The van der Waals surface area contributed by atoms with Gasteiger partial charge in [-0.25, -0.2) is 0 Å². The molecule has 0 saturated heterocycles. The number of hydrogen-bond acceptors (Lipinski definition) is 3. The third kappa shape index (κ3) is 6.82. The number of ether oxygens (including phenoxy) is 2. The highest BCUT2D eigenvalue weighted by atomic mass is 79.9. The van der Waals surface area contributed by atoms with Crippen LogP contribution in [0.3, 0.4) is 0 Å². The van der Waals surface area contributed by atoms with E-state index in [0.29, 0.717) is 19.3 Å². The van der Waals surface area contributed by atoms with Crippen molar-refractivity contribution in [3.8, 4) is 11.5 Å². The van der Waals surface area contributed by atoms with E-state index in [0.717, 1.165) is 34.5 Å².